The van der Waals surface area contributed by atoms with Crippen molar-refractivity contribution >= 4 is 44.8 Å². The van der Waals surface area contributed by atoms with Crippen LogP contribution in [0.5, 0.6) is 0 Å². The van der Waals surface area contributed by atoms with Gasteiger partial charge in [0.2, 0.25) is 15.9 Å². The Morgan fingerprint density at radius 1 is 1.22 bits per heavy atom. The van der Waals surface area contributed by atoms with Crippen LogP contribution < -0.4 is 9.62 Å². The van der Waals surface area contributed by atoms with Gasteiger partial charge in [-0.2, -0.15) is 0 Å². The average Bonchev–Trinajstić information content (AvgIpc) is 2.61. The quantitative estimate of drug-likeness (QED) is 0.530. The van der Waals surface area contributed by atoms with Crippen LogP contribution in [0.25, 0.3) is 0 Å². The third kappa shape index (κ3) is 6.26. The summed E-state index contributed by atoms with van der Waals surface area (Å²) in [6.45, 7) is 0. The van der Waals surface area contributed by atoms with E-state index in [4.69, 9.17) is 0 Å². The van der Waals surface area contributed by atoms with Crippen molar-refractivity contribution in [1.29, 1.82) is 0 Å². The largest absolute Gasteiger partial charge is 0.325 e. The smallest absolute Gasteiger partial charge is 0.269 e. The van der Waals surface area contributed by atoms with Gasteiger partial charge in [0.1, 0.15) is 0 Å². The van der Waals surface area contributed by atoms with Gasteiger partial charge in [-0.15, -0.1) is 11.8 Å². The molecule has 0 aromatic heterocycles. The van der Waals surface area contributed by atoms with Gasteiger partial charge in [-0.1, -0.05) is 18.2 Å². The minimum atomic E-state index is -3.38. The molecule has 2 aromatic carbocycles. The number of rotatable bonds is 8. The van der Waals surface area contributed by atoms with E-state index in [0.29, 0.717) is 17.1 Å². The number of nitro benzene ring substituents is 1. The molecular weight excluding hydrogens is 390 g/mol. The van der Waals surface area contributed by atoms with Crippen molar-refractivity contribution in [2.45, 2.75) is 5.75 Å². The first kappa shape index (κ1) is 20.7. The zero-order valence-corrected chi connectivity index (χ0v) is 16.4. The lowest BCUT2D eigenvalue weighted by molar-refractivity contribution is -0.384. The first-order valence-corrected chi connectivity index (χ1v) is 10.8. The predicted octanol–water partition coefficient (Wildman–Crippen LogP) is 2.86. The maximum absolute atomic E-state index is 12.1. The number of benzene rings is 2. The summed E-state index contributed by atoms with van der Waals surface area (Å²) in [6, 6.07) is 12.7. The van der Waals surface area contributed by atoms with Crippen molar-refractivity contribution in [2.24, 2.45) is 0 Å². The summed E-state index contributed by atoms with van der Waals surface area (Å²) >= 11 is 1.37. The fourth-order valence-corrected chi connectivity index (χ4v) is 3.43. The molecule has 0 bridgehead atoms. The van der Waals surface area contributed by atoms with Gasteiger partial charge in [-0.25, -0.2) is 8.42 Å². The second kappa shape index (κ2) is 8.87. The Kier molecular flexibility index (Phi) is 6.81. The van der Waals surface area contributed by atoms with Crippen molar-refractivity contribution in [1.82, 2.24) is 0 Å². The minimum Gasteiger partial charge on any atom is -0.325 e. The molecule has 0 aliphatic heterocycles. The first-order valence-electron chi connectivity index (χ1n) is 7.82. The first-order chi connectivity index (χ1) is 12.7. The maximum atomic E-state index is 12.1. The Balaban J connectivity index is 1.88. The van der Waals surface area contributed by atoms with Crippen molar-refractivity contribution < 1.29 is 18.1 Å². The highest BCUT2D eigenvalue weighted by Crippen LogP contribution is 2.21. The molecule has 0 aliphatic carbocycles. The van der Waals surface area contributed by atoms with E-state index in [-0.39, 0.29) is 17.3 Å². The van der Waals surface area contributed by atoms with Crippen molar-refractivity contribution in [3.63, 3.8) is 0 Å². The molecule has 1 amide bonds. The lowest BCUT2D eigenvalue weighted by atomic mass is 10.2. The third-order valence-electron chi connectivity index (χ3n) is 3.64. The highest BCUT2D eigenvalue weighted by atomic mass is 32.2. The van der Waals surface area contributed by atoms with Gasteiger partial charge >= 0.3 is 0 Å². The Morgan fingerprint density at radius 2 is 1.89 bits per heavy atom. The molecule has 0 fully saturated rings. The molecule has 1 N–H and O–H groups in total. The molecule has 10 heteroatoms. The Morgan fingerprint density at radius 3 is 2.48 bits per heavy atom. The average molecular weight is 409 g/mol. The van der Waals surface area contributed by atoms with E-state index in [9.17, 15) is 23.3 Å². The van der Waals surface area contributed by atoms with Crippen LogP contribution in [0.4, 0.5) is 17.1 Å². The third-order valence-corrected chi connectivity index (χ3v) is 5.85. The van der Waals surface area contributed by atoms with Crippen molar-refractivity contribution in [2.75, 3.05) is 28.7 Å². The standard InChI is InChI=1S/C17H19N3O5S2/c1-19(27(2,24)25)16-5-3-4-14(10-16)18-17(21)12-26-11-13-6-8-15(9-7-13)20(22)23/h3-10H,11-12H2,1-2H3,(H,18,21). The number of nitrogens with one attached hydrogen (secondary N) is 1. The molecule has 0 radical (unpaired) electrons. The minimum absolute atomic E-state index is 0.0282. The van der Waals surface area contributed by atoms with E-state index in [1.54, 1.807) is 36.4 Å². The molecule has 0 saturated carbocycles. The lowest BCUT2D eigenvalue weighted by Gasteiger charge is -2.17. The molecule has 0 aliphatic rings. The van der Waals surface area contributed by atoms with Gasteiger partial charge in [0.25, 0.3) is 5.69 Å². The van der Waals surface area contributed by atoms with Crippen LogP contribution >= 0.6 is 11.8 Å². The van der Waals surface area contributed by atoms with Crippen LogP contribution in [0.1, 0.15) is 5.56 Å². The van der Waals surface area contributed by atoms with Gasteiger partial charge in [0.05, 0.1) is 22.6 Å². The zero-order valence-electron chi connectivity index (χ0n) is 14.8. The molecule has 0 unspecified atom stereocenters. The van der Waals surface area contributed by atoms with Crippen molar-refractivity contribution in [3.05, 3.63) is 64.2 Å². The summed E-state index contributed by atoms with van der Waals surface area (Å²) in [5.74, 6) is 0.520. The Labute approximate surface area is 161 Å². The number of amides is 1. The second-order valence-corrected chi connectivity index (χ2v) is 8.74. The van der Waals surface area contributed by atoms with E-state index < -0.39 is 14.9 Å². The fraction of sp³-hybridized carbons (Fsp3) is 0.235. The van der Waals surface area contributed by atoms with Crippen LogP contribution in [-0.4, -0.2) is 38.3 Å². The number of nitro groups is 1. The molecule has 0 heterocycles. The number of anilines is 2. The molecule has 0 saturated heterocycles. The molecule has 27 heavy (non-hydrogen) atoms. The molecule has 144 valence electrons. The summed E-state index contributed by atoms with van der Waals surface area (Å²) in [6.07, 6.45) is 1.10. The topological polar surface area (TPSA) is 110 Å². The number of sulfonamides is 1. The van der Waals surface area contributed by atoms with Gasteiger partial charge in [0, 0.05) is 30.6 Å². The molecule has 0 atom stereocenters. The SMILES string of the molecule is CN(c1cccc(NC(=O)CSCc2ccc([N+](=O)[O-])cc2)c1)S(C)(=O)=O. The van der Waals surface area contributed by atoms with Crippen LogP contribution in [0.2, 0.25) is 0 Å². The number of thioether (sulfide) groups is 1. The molecule has 2 aromatic rings. The van der Waals surface area contributed by atoms with Gasteiger partial charge in [-0.3, -0.25) is 19.2 Å². The van der Waals surface area contributed by atoms with E-state index in [0.717, 1.165) is 16.1 Å². The number of carbonyl (C=O) groups excluding carboxylic acids is 1. The van der Waals surface area contributed by atoms with Gasteiger partial charge in [-0.05, 0) is 23.8 Å². The predicted molar refractivity (Wildman–Crippen MR) is 108 cm³/mol. The number of hydrogen-bond donors (Lipinski definition) is 1. The van der Waals surface area contributed by atoms with Crippen LogP contribution in [0, 0.1) is 10.1 Å². The summed E-state index contributed by atoms with van der Waals surface area (Å²) in [7, 11) is -1.94. The van der Waals surface area contributed by atoms with E-state index >= 15 is 0 Å². The second-order valence-electron chi connectivity index (χ2n) is 5.75. The zero-order chi connectivity index (χ0) is 20.0. The van der Waals surface area contributed by atoms with E-state index in [1.165, 1.54) is 30.9 Å². The highest BCUT2D eigenvalue weighted by molar-refractivity contribution is 7.99. The number of hydrogen-bond acceptors (Lipinski definition) is 6. The van der Waals surface area contributed by atoms with Gasteiger partial charge in [0.15, 0.2) is 0 Å². The monoisotopic (exact) mass is 409 g/mol. The fourth-order valence-electron chi connectivity index (χ4n) is 2.14. The summed E-state index contributed by atoms with van der Waals surface area (Å²) in [5, 5.41) is 13.3. The highest BCUT2D eigenvalue weighted by Gasteiger charge is 2.12. The van der Waals surface area contributed by atoms with Gasteiger partial charge < -0.3 is 5.32 Å². The Hall–Kier alpha value is -2.59. The van der Waals surface area contributed by atoms with Crippen LogP contribution in [-0.2, 0) is 20.6 Å². The van der Waals surface area contributed by atoms with Crippen LogP contribution in [0.3, 0.4) is 0 Å². The van der Waals surface area contributed by atoms with Crippen molar-refractivity contribution in [3.8, 4) is 0 Å². The summed E-state index contributed by atoms with van der Waals surface area (Å²) in [5.41, 5.74) is 1.87. The number of non-ortho nitro benzene ring substituents is 1. The summed E-state index contributed by atoms with van der Waals surface area (Å²) in [4.78, 5) is 22.2. The molecule has 8 nitrogen and oxygen atoms in total. The molecular formula is C17H19N3O5S2. The van der Waals surface area contributed by atoms with E-state index in [2.05, 4.69) is 5.32 Å². The number of nitrogens with zero attached hydrogens (tertiary/aromatic N) is 2. The van der Waals surface area contributed by atoms with E-state index in [1.807, 2.05) is 0 Å². The normalized spacial score (nSPS) is 11.0. The lowest BCUT2D eigenvalue weighted by Crippen LogP contribution is -2.25. The molecule has 0 spiro atoms. The maximum Gasteiger partial charge on any atom is 0.269 e. The Bertz CT molecular complexity index is 930. The molecule has 2 rings (SSSR count). The van der Waals surface area contributed by atoms with Crippen LogP contribution in [0.15, 0.2) is 48.5 Å². The summed E-state index contributed by atoms with van der Waals surface area (Å²) < 4.78 is 24.3. The number of carbonyl (C=O) groups is 1.